The van der Waals surface area contributed by atoms with Crippen LogP contribution in [0, 0.1) is 6.92 Å². The van der Waals surface area contributed by atoms with Gasteiger partial charge in [0.2, 0.25) is 0 Å². The molecule has 0 aliphatic rings. The van der Waals surface area contributed by atoms with Gasteiger partial charge in [-0.3, -0.25) is 19.0 Å². The number of benzene rings is 3. The van der Waals surface area contributed by atoms with Crippen LogP contribution in [-0.2, 0) is 38.0 Å². The van der Waals surface area contributed by atoms with E-state index in [4.69, 9.17) is 24.7 Å². The number of nitrogens with zero attached hydrogens (tertiary/aromatic N) is 5. The second-order valence-electron chi connectivity index (χ2n) is 12.9. The second-order valence-corrected chi connectivity index (χ2v) is 14.3. The van der Waals surface area contributed by atoms with Crippen LogP contribution in [0.2, 0.25) is 0 Å². The van der Waals surface area contributed by atoms with Gasteiger partial charge < -0.3 is 25.1 Å². The smallest absolute Gasteiger partial charge is 0.435 e. The van der Waals surface area contributed by atoms with Crippen LogP contribution in [0.5, 0.6) is 0 Å². The molecule has 3 aromatic carbocycles. The number of hydrogen-bond donors (Lipinski definition) is 3. The Balaban J connectivity index is 0.000000563. The molecule has 5 aromatic rings. The minimum absolute atomic E-state index is 0.0455. The number of carbonyl (C=O) groups is 3. The predicted molar refractivity (Wildman–Crippen MR) is 219 cm³/mol. The SMILES string of the molecule is CCCCCCOC(=O)/N=C(/N)c1ccc(NCc2nc3cc(C(=O)N(CCC(=O)OCC)c4ccccn4)ccc3n2C)cc1.Cc1ccc(S(=O)(=O)O)cc1. The molecule has 5 rings (SSSR count). The molecule has 2 heterocycles. The molecule has 2 aromatic heterocycles. The molecule has 15 nitrogen and oxygen atoms in total. The molecule has 0 saturated carbocycles. The van der Waals surface area contributed by atoms with Crippen LogP contribution in [0.3, 0.4) is 0 Å². The first-order chi connectivity index (χ1) is 27.3. The number of imidazole rings is 1. The summed E-state index contributed by atoms with van der Waals surface area (Å²) in [6, 6.07) is 23.9. The van der Waals surface area contributed by atoms with E-state index in [0.29, 0.717) is 35.6 Å². The Bertz CT molecular complexity index is 2240. The summed E-state index contributed by atoms with van der Waals surface area (Å²) in [4.78, 5) is 52.0. The third kappa shape index (κ3) is 13.2. The molecular weight excluding hydrogens is 751 g/mol. The maximum Gasteiger partial charge on any atom is 0.435 e. The summed E-state index contributed by atoms with van der Waals surface area (Å²) in [6.07, 6.45) is 4.99. The van der Waals surface area contributed by atoms with Gasteiger partial charge in [-0.05, 0) is 87.0 Å². The number of rotatable bonds is 16. The van der Waals surface area contributed by atoms with Crippen LogP contribution < -0.4 is 16.0 Å². The zero-order chi connectivity index (χ0) is 41.4. The fraction of sp³-hybridized carbons (Fsp3) is 0.317. The number of aromatic nitrogens is 3. The number of unbranched alkanes of at least 4 members (excludes halogenated alkanes) is 3. The number of pyridine rings is 1. The van der Waals surface area contributed by atoms with Gasteiger partial charge in [-0.25, -0.2) is 14.8 Å². The number of anilines is 2. The molecule has 0 unspecified atom stereocenters. The average molecular weight is 800 g/mol. The van der Waals surface area contributed by atoms with Gasteiger partial charge in [0.25, 0.3) is 16.0 Å². The minimum Gasteiger partial charge on any atom is -0.466 e. The molecule has 16 heteroatoms. The third-order valence-electron chi connectivity index (χ3n) is 8.62. The largest absolute Gasteiger partial charge is 0.466 e. The third-order valence-corrected chi connectivity index (χ3v) is 9.49. The first-order valence-corrected chi connectivity index (χ1v) is 20.0. The van der Waals surface area contributed by atoms with Crippen molar-refractivity contribution < 1.29 is 36.8 Å². The summed E-state index contributed by atoms with van der Waals surface area (Å²) < 4.78 is 41.7. The number of hydrogen-bond acceptors (Lipinski definition) is 10. The predicted octanol–water partition coefficient (Wildman–Crippen LogP) is 6.84. The van der Waals surface area contributed by atoms with Crippen molar-refractivity contribution in [2.75, 3.05) is 30.0 Å². The molecule has 0 fully saturated rings. The molecule has 2 amide bonds. The molecule has 57 heavy (non-hydrogen) atoms. The number of nitrogens with two attached hydrogens (primary N) is 1. The molecular formula is C41H49N7O8S. The highest BCUT2D eigenvalue weighted by atomic mass is 32.2. The van der Waals surface area contributed by atoms with Gasteiger partial charge >= 0.3 is 12.1 Å². The summed E-state index contributed by atoms with van der Waals surface area (Å²) in [5.74, 6) is 0.620. The fourth-order valence-electron chi connectivity index (χ4n) is 5.50. The van der Waals surface area contributed by atoms with Gasteiger partial charge in [0.05, 0.1) is 42.1 Å². The summed E-state index contributed by atoms with van der Waals surface area (Å²) in [7, 11) is -2.11. The maximum absolute atomic E-state index is 13.6. The van der Waals surface area contributed by atoms with Crippen LogP contribution >= 0.6 is 0 Å². The Labute approximate surface area is 332 Å². The first-order valence-electron chi connectivity index (χ1n) is 18.5. The minimum atomic E-state index is -4.02. The van der Waals surface area contributed by atoms with Crippen molar-refractivity contribution in [1.29, 1.82) is 0 Å². The van der Waals surface area contributed by atoms with E-state index in [2.05, 4.69) is 22.2 Å². The molecule has 4 N–H and O–H groups in total. The van der Waals surface area contributed by atoms with Crippen LogP contribution in [0.1, 0.15) is 73.3 Å². The second kappa shape index (κ2) is 21.2. The Morgan fingerprint density at radius 2 is 1.65 bits per heavy atom. The highest BCUT2D eigenvalue weighted by molar-refractivity contribution is 7.85. The molecule has 0 radical (unpaired) electrons. The lowest BCUT2D eigenvalue weighted by molar-refractivity contribution is -0.142. The molecule has 0 bridgehead atoms. The van der Waals surface area contributed by atoms with Crippen LogP contribution in [0.25, 0.3) is 11.0 Å². The Morgan fingerprint density at radius 3 is 2.30 bits per heavy atom. The monoisotopic (exact) mass is 799 g/mol. The lowest BCUT2D eigenvalue weighted by Gasteiger charge is -2.21. The average Bonchev–Trinajstić information content (AvgIpc) is 3.51. The molecule has 0 aliphatic carbocycles. The van der Waals surface area contributed by atoms with Gasteiger partial charge in [0, 0.05) is 36.6 Å². The zero-order valence-corrected chi connectivity index (χ0v) is 33.4. The number of esters is 1. The van der Waals surface area contributed by atoms with Crippen molar-refractivity contribution in [3.05, 3.63) is 114 Å². The highest BCUT2D eigenvalue weighted by Gasteiger charge is 2.21. The van der Waals surface area contributed by atoms with E-state index in [-0.39, 0.29) is 42.2 Å². The summed E-state index contributed by atoms with van der Waals surface area (Å²) in [5, 5.41) is 3.35. The van der Waals surface area contributed by atoms with Crippen molar-refractivity contribution in [2.24, 2.45) is 17.8 Å². The van der Waals surface area contributed by atoms with E-state index >= 15 is 0 Å². The maximum atomic E-state index is 13.6. The van der Waals surface area contributed by atoms with Crippen LogP contribution in [0.15, 0.2) is 101 Å². The number of amides is 2. The molecule has 302 valence electrons. The van der Waals surface area contributed by atoms with Gasteiger partial charge in [-0.15, -0.1) is 0 Å². The van der Waals surface area contributed by atoms with Crippen molar-refractivity contribution in [3.63, 3.8) is 0 Å². The number of ether oxygens (including phenoxy) is 2. The summed E-state index contributed by atoms with van der Waals surface area (Å²) in [5.41, 5.74) is 10.4. The number of fused-ring (bicyclic) bond motifs is 1. The first kappa shape index (κ1) is 43.6. The van der Waals surface area contributed by atoms with Crippen molar-refractivity contribution in [3.8, 4) is 0 Å². The van der Waals surface area contributed by atoms with E-state index in [1.54, 1.807) is 67.7 Å². The quantitative estimate of drug-likeness (QED) is 0.0308. The Hall–Kier alpha value is -6.13. The van der Waals surface area contributed by atoms with Gasteiger partial charge in [0.15, 0.2) is 0 Å². The zero-order valence-electron chi connectivity index (χ0n) is 32.6. The highest BCUT2D eigenvalue weighted by Crippen LogP contribution is 2.22. The van der Waals surface area contributed by atoms with Crippen LogP contribution in [0.4, 0.5) is 16.3 Å². The van der Waals surface area contributed by atoms with E-state index in [1.807, 2.05) is 36.7 Å². The molecule has 0 saturated heterocycles. The van der Waals surface area contributed by atoms with E-state index < -0.39 is 16.2 Å². The Morgan fingerprint density at radius 1 is 0.930 bits per heavy atom. The lowest BCUT2D eigenvalue weighted by Crippen LogP contribution is -2.34. The molecule has 0 atom stereocenters. The van der Waals surface area contributed by atoms with E-state index in [0.717, 1.165) is 48.3 Å². The number of nitrogens with one attached hydrogen (secondary N) is 1. The summed E-state index contributed by atoms with van der Waals surface area (Å²) >= 11 is 0. The molecule has 0 aliphatic heterocycles. The molecule has 0 spiro atoms. The standard InChI is InChI=1S/C34H41N7O5.C7H8O3S/c1-4-6-7-10-21-46-34(44)39-32(35)24-12-15-26(16-13-24)37-23-30-38-27-22-25(14-17-28(27)40(30)3)33(43)41(20-18-31(42)45-5-2)29-11-8-9-19-36-29;1-6-2-4-7(5-3-6)11(8,9)10/h8-9,11-17,19,22,37H,4-7,10,18,20-21,23H2,1-3H3,(H2,35,39,44);2-5H,1H3,(H,8,9,10). The van der Waals surface area contributed by atoms with Crippen molar-refractivity contribution >= 4 is 56.5 Å². The number of aryl methyl sites for hydroxylation is 2. The topological polar surface area (TPSA) is 208 Å². The van der Waals surface area contributed by atoms with E-state index in [9.17, 15) is 22.8 Å². The summed E-state index contributed by atoms with van der Waals surface area (Å²) in [6.45, 7) is 6.86. The van der Waals surface area contributed by atoms with Gasteiger partial charge in [0.1, 0.15) is 17.5 Å². The van der Waals surface area contributed by atoms with E-state index in [1.165, 1.54) is 17.0 Å². The normalized spacial score (nSPS) is 11.4. The lowest BCUT2D eigenvalue weighted by atomic mass is 10.1. The van der Waals surface area contributed by atoms with Gasteiger partial charge in [-0.2, -0.15) is 13.4 Å². The number of aliphatic imine (C=N–C) groups is 1. The Kier molecular flexibility index (Phi) is 16.3. The van der Waals surface area contributed by atoms with Crippen molar-refractivity contribution in [2.45, 2.75) is 64.3 Å². The fourth-order valence-corrected chi connectivity index (χ4v) is 5.98. The number of amidine groups is 1. The number of carbonyl (C=O) groups excluding carboxylic acids is 3. The van der Waals surface area contributed by atoms with Crippen LogP contribution in [-0.4, -0.2) is 71.1 Å². The van der Waals surface area contributed by atoms with Gasteiger partial charge in [-0.1, -0.05) is 49.9 Å². The van der Waals surface area contributed by atoms with Crippen molar-refractivity contribution in [1.82, 2.24) is 14.5 Å².